The quantitative estimate of drug-likeness (QED) is 0.614. The Morgan fingerprint density at radius 1 is 1.13 bits per heavy atom. The van der Waals surface area contributed by atoms with Crippen LogP contribution >= 0.6 is 23.4 Å². The third kappa shape index (κ3) is 6.38. The standard InChI is InChI=1S/C22H24ClN3O4S/c1-14-5-8-18(9-6-14)29-11-4-12-30-20-10-7-17(23)13-19(20)21-26(16(3)28)25-22(31-21)24-15(2)27/h5-10,13,21H,4,11-12H2,1-3H3,(H,24,25,27)/t21-/m1/s1. The summed E-state index contributed by atoms with van der Waals surface area (Å²) in [5, 5.41) is 8.54. The van der Waals surface area contributed by atoms with Crippen LogP contribution in [-0.2, 0) is 9.59 Å². The maximum Gasteiger partial charge on any atom is 0.241 e. The van der Waals surface area contributed by atoms with Crippen LogP contribution in [0.25, 0.3) is 0 Å². The molecule has 9 heteroatoms. The smallest absolute Gasteiger partial charge is 0.241 e. The Morgan fingerprint density at radius 2 is 1.84 bits per heavy atom. The molecule has 0 bridgehead atoms. The van der Waals surface area contributed by atoms with Gasteiger partial charge in [0.2, 0.25) is 11.8 Å². The van der Waals surface area contributed by atoms with Crippen molar-refractivity contribution in [2.24, 2.45) is 5.10 Å². The zero-order valence-electron chi connectivity index (χ0n) is 17.6. The van der Waals surface area contributed by atoms with E-state index in [1.807, 2.05) is 31.2 Å². The number of nitrogens with zero attached hydrogens (tertiary/aromatic N) is 2. The number of rotatable bonds is 7. The van der Waals surface area contributed by atoms with Crippen LogP contribution in [0.5, 0.6) is 11.5 Å². The number of hydrazone groups is 1. The molecule has 0 saturated carbocycles. The molecule has 2 amide bonds. The maximum atomic E-state index is 12.1. The summed E-state index contributed by atoms with van der Waals surface area (Å²) in [7, 11) is 0. The molecule has 3 rings (SSSR count). The van der Waals surface area contributed by atoms with Crippen LogP contribution in [0.2, 0.25) is 5.02 Å². The lowest BCUT2D eigenvalue weighted by molar-refractivity contribution is -0.129. The Hall–Kier alpha value is -2.71. The van der Waals surface area contributed by atoms with E-state index in [9.17, 15) is 9.59 Å². The Kier molecular flexibility index (Phi) is 7.81. The molecule has 0 aromatic heterocycles. The number of carbonyl (C=O) groups excluding carboxylic acids is 2. The van der Waals surface area contributed by atoms with Crippen molar-refractivity contribution in [3.63, 3.8) is 0 Å². The zero-order valence-corrected chi connectivity index (χ0v) is 19.1. The van der Waals surface area contributed by atoms with Crippen LogP contribution in [-0.4, -0.2) is 35.2 Å². The van der Waals surface area contributed by atoms with E-state index in [0.29, 0.717) is 41.1 Å². The second-order valence-electron chi connectivity index (χ2n) is 6.97. The number of aryl methyl sites for hydroxylation is 1. The molecule has 0 spiro atoms. The van der Waals surface area contributed by atoms with Crippen LogP contribution in [0.3, 0.4) is 0 Å². The lowest BCUT2D eigenvalue weighted by Gasteiger charge is -2.22. The van der Waals surface area contributed by atoms with E-state index in [1.165, 1.54) is 36.2 Å². The number of hydrogen-bond acceptors (Lipinski definition) is 6. The van der Waals surface area contributed by atoms with E-state index in [1.54, 1.807) is 18.2 Å². The Balaban J connectivity index is 1.64. The molecular weight excluding hydrogens is 438 g/mol. The number of thioether (sulfide) groups is 1. The summed E-state index contributed by atoms with van der Waals surface area (Å²) in [5.74, 6) is 0.907. The molecule has 0 unspecified atom stereocenters. The molecule has 1 aliphatic heterocycles. The van der Waals surface area contributed by atoms with Crippen molar-refractivity contribution in [2.45, 2.75) is 32.6 Å². The molecule has 0 aliphatic carbocycles. The number of ether oxygens (including phenoxy) is 2. The summed E-state index contributed by atoms with van der Waals surface area (Å²) in [6, 6.07) is 13.1. The van der Waals surface area contributed by atoms with Gasteiger partial charge < -0.3 is 14.8 Å². The molecule has 7 nitrogen and oxygen atoms in total. The number of amides is 2. The first kappa shape index (κ1) is 23.0. The fourth-order valence-corrected chi connectivity index (χ4v) is 4.21. The Morgan fingerprint density at radius 3 is 2.52 bits per heavy atom. The fourth-order valence-electron chi connectivity index (χ4n) is 2.87. The molecular formula is C22H24ClN3O4S. The minimum atomic E-state index is -0.489. The van der Waals surface area contributed by atoms with E-state index < -0.39 is 5.37 Å². The van der Waals surface area contributed by atoms with Crippen LogP contribution < -0.4 is 14.8 Å². The molecule has 1 heterocycles. The molecule has 31 heavy (non-hydrogen) atoms. The first-order valence-electron chi connectivity index (χ1n) is 9.78. The van der Waals surface area contributed by atoms with Gasteiger partial charge in [-0.05, 0) is 37.3 Å². The topological polar surface area (TPSA) is 80.2 Å². The van der Waals surface area contributed by atoms with Crippen molar-refractivity contribution < 1.29 is 19.1 Å². The molecule has 0 fully saturated rings. The molecule has 0 radical (unpaired) electrons. The van der Waals surface area contributed by atoms with Crippen molar-refractivity contribution in [3.8, 4) is 11.5 Å². The van der Waals surface area contributed by atoms with Crippen LogP contribution in [0.4, 0.5) is 0 Å². The van der Waals surface area contributed by atoms with Crippen LogP contribution in [0.1, 0.15) is 36.8 Å². The van der Waals surface area contributed by atoms with Gasteiger partial charge in [0.15, 0.2) is 5.17 Å². The molecule has 2 aromatic rings. The van der Waals surface area contributed by atoms with Gasteiger partial charge in [0.1, 0.15) is 16.9 Å². The average molecular weight is 462 g/mol. The predicted molar refractivity (Wildman–Crippen MR) is 122 cm³/mol. The third-order valence-electron chi connectivity index (χ3n) is 4.32. The fraction of sp³-hybridized carbons (Fsp3) is 0.318. The van der Waals surface area contributed by atoms with Crippen LogP contribution in [0.15, 0.2) is 47.6 Å². The summed E-state index contributed by atoms with van der Waals surface area (Å²) in [6.07, 6.45) is 0.678. The van der Waals surface area contributed by atoms with Crippen molar-refractivity contribution in [2.75, 3.05) is 13.2 Å². The first-order chi connectivity index (χ1) is 14.8. The van der Waals surface area contributed by atoms with Crippen molar-refractivity contribution >= 4 is 40.3 Å². The second kappa shape index (κ2) is 10.5. The highest BCUT2D eigenvalue weighted by Gasteiger charge is 2.34. The Bertz CT molecular complexity index is 981. The predicted octanol–water partition coefficient (Wildman–Crippen LogP) is 4.50. The van der Waals surface area contributed by atoms with Crippen molar-refractivity contribution in [1.29, 1.82) is 0 Å². The first-order valence-corrected chi connectivity index (χ1v) is 11.0. The van der Waals surface area contributed by atoms with Gasteiger partial charge in [0.25, 0.3) is 0 Å². The highest BCUT2D eigenvalue weighted by atomic mass is 35.5. The van der Waals surface area contributed by atoms with E-state index in [2.05, 4.69) is 10.4 Å². The zero-order chi connectivity index (χ0) is 22.4. The largest absolute Gasteiger partial charge is 0.493 e. The molecule has 1 atom stereocenters. The normalized spacial score (nSPS) is 15.4. The molecule has 164 valence electrons. The summed E-state index contributed by atoms with van der Waals surface area (Å²) < 4.78 is 11.7. The summed E-state index contributed by atoms with van der Waals surface area (Å²) >= 11 is 7.46. The Labute approximate surface area is 190 Å². The number of halogens is 1. The average Bonchev–Trinajstić information content (AvgIpc) is 3.13. The highest BCUT2D eigenvalue weighted by molar-refractivity contribution is 8.14. The van der Waals surface area contributed by atoms with E-state index in [-0.39, 0.29) is 11.8 Å². The second-order valence-corrected chi connectivity index (χ2v) is 8.47. The summed E-state index contributed by atoms with van der Waals surface area (Å²) in [6.45, 7) is 5.78. The molecule has 0 saturated heterocycles. The van der Waals surface area contributed by atoms with Gasteiger partial charge in [-0.15, -0.1) is 5.10 Å². The lowest BCUT2D eigenvalue weighted by atomic mass is 10.2. The lowest BCUT2D eigenvalue weighted by Crippen LogP contribution is -2.25. The van der Waals surface area contributed by atoms with Crippen LogP contribution in [0, 0.1) is 6.92 Å². The minimum Gasteiger partial charge on any atom is -0.493 e. The molecule has 1 N–H and O–H groups in total. The van der Waals surface area contributed by atoms with Gasteiger partial charge in [-0.3, -0.25) is 9.59 Å². The molecule has 1 aliphatic rings. The van der Waals surface area contributed by atoms with Crippen molar-refractivity contribution in [3.05, 3.63) is 58.6 Å². The number of hydrogen-bond donors (Lipinski definition) is 1. The molecule has 2 aromatic carbocycles. The summed E-state index contributed by atoms with van der Waals surface area (Å²) in [5.41, 5.74) is 1.89. The van der Waals surface area contributed by atoms with Gasteiger partial charge in [0, 0.05) is 30.9 Å². The van der Waals surface area contributed by atoms with Gasteiger partial charge in [-0.2, -0.15) is 0 Å². The highest BCUT2D eigenvalue weighted by Crippen LogP contribution is 2.43. The number of benzene rings is 2. The van der Waals surface area contributed by atoms with Gasteiger partial charge in [-0.1, -0.05) is 41.1 Å². The van der Waals surface area contributed by atoms with Gasteiger partial charge in [0.05, 0.1) is 13.2 Å². The van der Waals surface area contributed by atoms with E-state index >= 15 is 0 Å². The number of carbonyl (C=O) groups is 2. The monoisotopic (exact) mass is 461 g/mol. The van der Waals surface area contributed by atoms with E-state index in [4.69, 9.17) is 21.1 Å². The summed E-state index contributed by atoms with van der Waals surface area (Å²) in [4.78, 5) is 23.5. The van der Waals surface area contributed by atoms with Gasteiger partial charge in [-0.25, -0.2) is 5.01 Å². The number of amidine groups is 1. The van der Waals surface area contributed by atoms with Crippen molar-refractivity contribution in [1.82, 2.24) is 10.3 Å². The SMILES string of the molecule is CC(=O)NC1=NN(C(C)=O)[C@@H](c2cc(Cl)ccc2OCCCOc2ccc(C)cc2)S1. The minimum absolute atomic E-state index is 0.254. The number of nitrogens with one attached hydrogen (secondary N) is 1. The maximum absolute atomic E-state index is 12.1. The van der Waals surface area contributed by atoms with Gasteiger partial charge >= 0.3 is 0 Å². The van der Waals surface area contributed by atoms with E-state index in [0.717, 1.165) is 5.75 Å². The third-order valence-corrected chi connectivity index (χ3v) is 5.64.